The smallest absolute Gasteiger partial charge is 0.0688 e. The van der Waals surface area contributed by atoms with Crippen LogP contribution in [0.2, 0.25) is 0 Å². The summed E-state index contributed by atoms with van der Waals surface area (Å²) in [6.07, 6.45) is 0. The SMILES string of the molecule is C=C(COC)C(N)c1ccccc1. The molecule has 2 N–H and O–H groups in total. The van der Waals surface area contributed by atoms with Crippen molar-refractivity contribution in [1.29, 1.82) is 0 Å². The highest BCUT2D eigenvalue weighted by atomic mass is 16.5. The first-order valence-electron chi connectivity index (χ1n) is 4.23. The van der Waals surface area contributed by atoms with Gasteiger partial charge in [-0.1, -0.05) is 36.9 Å². The van der Waals surface area contributed by atoms with Crippen molar-refractivity contribution < 1.29 is 4.74 Å². The molecule has 1 unspecified atom stereocenters. The van der Waals surface area contributed by atoms with E-state index in [1.54, 1.807) is 7.11 Å². The van der Waals surface area contributed by atoms with Crippen LogP contribution >= 0.6 is 0 Å². The zero-order valence-corrected chi connectivity index (χ0v) is 7.86. The second kappa shape index (κ2) is 4.80. The van der Waals surface area contributed by atoms with Crippen LogP contribution in [0.5, 0.6) is 0 Å². The third-order valence-corrected chi connectivity index (χ3v) is 1.93. The lowest BCUT2D eigenvalue weighted by atomic mass is 10.0. The Balaban J connectivity index is 2.68. The standard InChI is InChI=1S/C11H15NO/c1-9(8-13-2)11(12)10-6-4-3-5-7-10/h3-7,11H,1,8,12H2,2H3. The summed E-state index contributed by atoms with van der Waals surface area (Å²) in [7, 11) is 1.64. The molecule has 0 heterocycles. The van der Waals surface area contributed by atoms with E-state index in [0.29, 0.717) is 6.61 Å². The molecule has 0 aliphatic rings. The normalized spacial score (nSPS) is 12.5. The highest BCUT2D eigenvalue weighted by molar-refractivity contribution is 5.26. The second-order valence-corrected chi connectivity index (χ2v) is 2.98. The van der Waals surface area contributed by atoms with Crippen molar-refractivity contribution in [3.8, 4) is 0 Å². The second-order valence-electron chi connectivity index (χ2n) is 2.98. The molecule has 70 valence electrons. The van der Waals surface area contributed by atoms with Crippen LogP contribution in [0.4, 0.5) is 0 Å². The molecule has 0 amide bonds. The van der Waals surface area contributed by atoms with Crippen LogP contribution in [0.25, 0.3) is 0 Å². The Bertz CT molecular complexity index is 269. The van der Waals surface area contributed by atoms with E-state index >= 15 is 0 Å². The number of hydrogen-bond donors (Lipinski definition) is 1. The van der Waals surface area contributed by atoms with E-state index in [1.165, 1.54) is 0 Å². The van der Waals surface area contributed by atoms with E-state index in [-0.39, 0.29) is 6.04 Å². The first kappa shape index (κ1) is 9.96. The summed E-state index contributed by atoms with van der Waals surface area (Å²) < 4.78 is 4.97. The van der Waals surface area contributed by atoms with Gasteiger partial charge in [0.05, 0.1) is 12.6 Å². The predicted molar refractivity (Wildman–Crippen MR) is 54.4 cm³/mol. The average Bonchev–Trinajstić information content (AvgIpc) is 2.18. The molecule has 1 aromatic carbocycles. The van der Waals surface area contributed by atoms with Gasteiger partial charge in [-0.3, -0.25) is 0 Å². The van der Waals surface area contributed by atoms with Gasteiger partial charge in [-0.25, -0.2) is 0 Å². The summed E-state index contributed by atoms with van der Waals surface area (Å²) in [6.45, 7) is 4.38. The van der Waals surface area contributed by atoms with Gasteiger partial charge in [-0.2, -0.15) is 0 Å². The lowest BCUT2D eigenvalue weighted by Gasteiger charge is -2.14. The Labute approximate surface area is 79.0 Å². The van der Waals surface area contributed by atoms with E-state index in [4.69, 9.17) is 10.5 Å². The first-order valence-corrected chi connectivity index (χ1v) is 4.23. The third-order valence-electron chi connectivity index (χ3n) is 1.93. The molecule has 2 nitrogen and oxygen atoms in total. The molecule has 0 aliphatic carbocycles. The van der Waals surface area contributed by atoms with Crippen molar-refractivity contribution >= 4 is 0 Å². The Kier molecular flexibility index (Phi) is 3.68. The maximum atomic E-state index is 5.95. The monoisotopic (exact) mass is 177 g/mol. The summed E-state index contributed by atoms with van der Waals surface area (Å²) in [4.78, 5) is 0. The third kappa shape index (κ3) is 2.68. The zero-order chi connectivity index (χ0) is 9.68. The van der Waals surface area contributed by atoms with Gasteiger partial charge in [-0.05, 0) is 11.1 Å². The van der Waals surface area contributed by atoms with Crippen LogP contribution in [0.1, 0.15) is 11.6 Å². The number of ether oxygens (including phenoxy) is 1. The van der Waals surface area contributed by atoms with Crippen LogP contribution in [-0.2, 0) is 4.74 Å². The molecule has 1 rings (SSSR count). The van der Waals surface area contributed by atoms with Crippen LogP contribution < -0.4 is 5.73 Å². The lowest BCUT2D eigenvalue weighted by molar-refractivity contribution is 0.221. The molecule has 0 radical (unpaired) electrons. The Morgan fingerprint density at radius 1 is 1.46 bits per heavy atom. The minimum Gasteiger partial charge on any atom is -0.380 e. The lowest BCUT2D eigenvalue weighted by Crippen LogP contribution is -2.15. The van der Waals surface area contributed by atoms with Crippen LogP contribution in [0, 0.1) is 0 Å². The Morgan fingerprint density at radius 3 is 2.62 bits per heavy atom. The first-order chi connectivity index (χ1) is 6.25. The molecule has 1 aromatic rings. The zero-order valence-electron chi connectivity index (χ0n) is 7.86. The average molecular weight is 177 g/mol. The largest absolute Gasteiger partial charge is 0.380 e. The Morgan fingerprint density at radius 2 is 2.08 bits per heavy atom. The maximum Gasteiger partial charge on any atom is 0.0688 e. The molecule has 0 saturated heterocycles. The number of benzene rings is 1. The number of methoxy groups -OCH3 is 1. The molecule has 0 bridgehead atoms. The molecule has 1 atom stereocenters. The summed E-state index contributed by atoms with van der Waals surface area (Å²) in [5, 5.41) is 0. The minimum atomic E-state index is -0.124. The molecule has 2 heteroatoms. The molecule has 0 fully saturated rings. The van der Waals surface area contributed by atoms with Gasteiger partial charge in [0.15, 0.2) is 0 Å². The molecule has 0 spiro atoms. The van der Waals surface area contributed by atoms with E-state index in [2.05, 4.69) is 6.58 Å². The molecule has 0 aliphatic heterocycles. The fourth-order valence-electron chi connectivity index (χ4n) is 1.17. The van der Waals surface area contributed by atoms with Crippen molar-refractivity contribution in [2.24, 2.45) is 5.73 Å². The van der Waals surface area contributed by atoms with E-state index in [9.17, 15) is 0 Å². The molecular weight excluding hydrogens is 162 g/mol. The molecule has 0 saturated carbocycles. The van der Waals surface area contributed by atoms with E-state index < -0.39 is 0 Å². The van der Waals surface area contributed by atoms with Crippen molar-refractivity contribution in [2.45, 2.75) is 6.04 Å². The molecule has 0 aromatic heterocycles. The quantitative estimate of drug-likeness (QED) is 0.713. The van der Waals surface area contributed by atoms with Crippen molar-refractivity contribution in [3.05, 3.63) is 48.0 Å². The van der Waals surface area contributed by atoms with E-state index in [0.717, 1.165) is 11.1 Å². The topological polar surface area (TPSA) is 35.2 Å². The fourth-order valence-corrected chi connectivity index (χ4v) is 1.17. The van der Waals surface area contributed by atoms with Crippen LogP contribution in [-0.4, -0.2) is 13.7 Å². The van der Waals surface area contributed by atoms with E-state index in [1.807, 2.05) is 30.3 Å². The molecular formula is C11H15NO. The summed E-state index contributed by atoms with van der Waals surface area (Å²) in [5.41, 5.74) is 7.92. The van der Waals surface area contributed by atoms with Crippen molar-refractivity contribution in [2.75, 3.05) is 13.7 Å². The highest BCUT2D eigenvalue weighted by Gasteiger charge is 2.08. The number of hydrogen-bond acceptors (Lipinski definition) is 2. The van der Waals surface area contributed by atoms with Gasteiger partial charge in [0, 0.05) is 7.11 Å². The van der Waals surface area contributed by atoms with Crippen molar-refractivity contribution in [3.63, 3.8) is 0 Å². The van der Waals surface area contributed by atoms with Gasteiger partial charge in [-0.15, -0.1) is 0 Å². The summed E-state index contributed by atoms with van der Waals surface area (Å²) in [5.74, 6) is 0. The Hall–Kier alpha value is -1.12. The van der Waals surface area contributed by atoms with Gasteiger partial charge >= 0.3 is 0 Å². The minimum absolute atomic E-state index is 0.124. The van der Waals surface area contributed by atoms with Crippen LogP contribution in [0.3, 0.4) is 0 Å². The number of rotatable bonds is 4. The van der Waals surface area contributed by atoms with Gasteiger partial charge in [0.1, 0.15) is 0 Å². The number of nitrogens with two attached hydrogens (primary N) is 1. The predicted octanol–water partition coefficient (Wildman–Crippen LogP) is 1.89. The summed E-state index contributed by atoms with van der Waals surface area (Å²) in [6, 6.07) is 9.76. The highest BCUT2D eigenvalue weighted by Crippen LogP contribution is 2.16. The fraction of sp³-hybridized carbons (Fsp3) is 0.273. The van der Waals surface area contributed by atoms with Gasteiger partial charge < -0.3 is 10.5 Å². The van der Waals surface area contributed by atoms with Gasteiger partial charge in [0.25, 0.3) is 0 Å². The molecule has 13 heavy (non-hydrogen) atoms. The van der Waals surface area contributed by atoms with Crippen LogP contribution in [0.15, 0.2) is 42.5 Å². The summed E-state index contributed by atoms with van der Waals surface area (Å²) >= 11 is 0. The maximum absolute atomic E-state index is 5.95. The van der Waals surface area contributed by atoms with Crippen molar-refractivity contribution in [1.82, 2.24) is 0 Å². The van der Waals surface area contributed by atoms with Gasteiger partial charge in [0.2, 0.25) is 0 Å².